The second-order valence-electron chi connectivity index (χ2n) is 10.4. The summed E-state index contributed by atoms with van der Waals surface area (Å²) in [7, 11) is 0. The van der Waals surface area contributed by atoms with Crippen LogP contribution in [0.25, 0.3) is 0 Å². The molecule has 1 aliphatic rings. The van der Waals surface area contributed by atoms with Gasteiger partial charge in [-0.05, 0) is 63.7 Å². The Morgan fingerprint density at radius 3 is 2.33 bits per heavy atom. The predicted octanol–water partition coefficient (Wildman–Crippen LogP) is 6.12. The van der Waals surface area contributed by atoms with Crippen molar-refractivity contribution < 1.29 is 24.5 Å². The topological polar surface area (TPSA) is 83.8 Å². The number of ether oxygens (including phenoxy) is 1. The zero-order chi connectivity index (χ0) is 22.8. The van der Waals surface area contributed by atoms with Gasteiger partial charge in [0.05, 0.1) is 6.10 Å². The number of carbonyl (C=O) groups is 2. The summed E-state index contributed by atoms with van der Waals surface area (Å²) in [5.74, 6) is -2.34. The molecule has 5 heteroatoms. The van der Waals surface area contributed by atoms with Gasteiger partial charge in [-0.15, -0.1) is 0 Å². The van der Waals surface area contributed by atoms with Crippen LogP contribution in [0.15, 0.2) is 0 Å². The number of ketones is 1. The van der Waals surface area contributed by atoms with E-state index in [9.17, 15) is 19.8 Å². The van der Waals surface area contributed by atoms with Crippen LogP contribution in [0.1, 0.15) is 118 Å². The van der Waals surface area contributed by atoms with Crippen LogP contribution in [0.4, 0.5) is 0 Å². The summed E-state index contributed by atoms with van der Waals surface area (Å²) < 4.78 is 5.21. The molecule has 2 N–H and O–H groups in total. The number of rotatable bonds is 16. The summed E-state index contributed by atoms with van der Waals surface area (Å²) in [6.45, 7) is 10.4. The third-order valence-electron chi connectivity index (χ3n) is 6.68. The number of carbonyl (C=O) groups excluding carboxylic acids is 1. The molecule has 0 spiro atoms. The molecule has 176 valence electrons. The molecule has 0 heterocycles. The fourth-order valence-electron chi connectivity index (χ4n) is 4.85. The molecule has 3 atom stereocenters. The largest absolute Gasteiger partial charge is 0.477 e. The van der Waals surface area contributed by atoms with Gasteiger partial charge in [-0.1, -0.05) is 52.9 Å². The van der Waals surface area contributed by atoms with Gasteiger partial charge in [-0.2, -0.15) is 0 Å². The Kier molecular flexibility index (Phi) is 11.6. The van der Waals surface area contributed by atoms with Crippen LogP contribution in [0.3, 0.4) is 0 Å². The van der Waals surface area contributed by atoms with E-state index >= 15 is 0 Å². The number of carboxylic acids is 1. The van der Waals surface area contributed by atoms with Crippen LogP contribution in [0.5, 0.6) is 0 Å². The number of unbranched alkanes of at least 4 members (excludes halogenated alkanes) is 3. The molecule has 1 fully saturated rings. The fraction of sp³-hybridized carbons (Fsp3) is 0.920. The van der Waals surface area contributed by atoms with E-state index in [1.807, 2.05) is 0 Å². The van der Waals surface area contributed by atoms with Gasteiger partial charge in [0.1, 0.15) is 5.78 Å². The zero-order valence-electron chi connectivity index (χ0n) is 20.0. The first-order valence-electron chi connectivity index (χ1n) is 12.2. The van der Waals surface area contributed by atoms with E-state index < -0.39 is 11.8 Å². The summed E-state index contributed by atoms with van der Waals surface area (Å²) in [6, 6.07) is 0. The molecule has 0 aromatic heterocycles. The molecule has 0 bridgehead atoms. The Morgan fingerprint density at radius 2 is 1.73 bits per heavy atom. The van der Waals surface area contributed by atoms with Gasteiger partial charge in [-0.25, -0.2) is 4.79 Å². The quantitative estimate of drug-likeness (QED) is 0.229. The van der Waals surface area contributed by atoms with Crippen molar-refractivity contribution in [2.75, 3.05) is 0 Å². The van der Waals surface area contributed by atoms with Gasteiger partial charge in [0, 0.05) is 18.8 Å². The van der Waals surface area contributed by atoms with Gasteiger partial charge in [-0.3, -0.25) is 4.79 Å². The summed E-state index contributed by atoms with van der Waals surface area (Å²) in [5, 5.41) is 19.4. The minimum absolute atomic E-state index is 0.0788. The van der Waals surface area contributed by atoms with Crippen LogP contribution < -0.4 is 0 Å². The minimum Gasteiger partial charge on any atom is -0.477 e. The lowest BCUT2D eigenvalue weighted by Crippen LogP contribution is -2.43. The fourth-order valence-corrected chi connectivity index (χ4v) is 4.85. The summed E-state index contributed by atoms with van der Waals surface area (Å²) in [5.41, 5.74) is 0.396. The lowest BCUT2D eigenvalue weighted by molar-refractivity contribution is -0.238. The van der Waals surface area contributed by atoms with Gasteiger partial charge < -0.3 is 14.9 Å². The van der Waals surface area contributed by atoms with E-state index in [2.05, 4.69) is 20.8 Å². The van der Waals surface area contributed by atoms with Crippen molar-refractivity contribution in [2.45, 2.75) is 130 Å². The standard InChI is InChI=1S/C25H46O5/c1-6-7-16-24(4,5)17-11-12-20-14-15-22(26)21(20)13-9-8-10-18-25(29,23(27)28)30-19(2)3/h19-21,29H,6-18H2,1-5H3,(H,27,28)/t20-,21+,25?/m0/s1. The first-order valence-corrected chi connectivity index (χ1v) is 12.2. The predicted molar refractivity (Wildman–Crippen MR) is 120 cm³/mol. The maximum absolute atomic E-state index is 12.4. The number of hydrogen-bond donors (Lipinski definition) is 2. The van der Waals surface area contributed by atoms with Crippen molar-refractivity contribution in [1.29, 1.82) is 0 Å². The molecule has 0 aromatic rings. The van der Waals surface area contributed by atoms with Gasteiger partial charge in [0.25, 0.3) is 5.79 Å². The second kappa shape index (κ2) is 12.8. The third-order valence-corrected chi connectivity index (χ3v) is 6.68. The van der Waals surface area contributed by atoms with Crippen molar-refractivity contribution in [2.24, 2.45) is 17.3 Å². The normalized spacial score (nSPS) is 21.9. The Balaban J connectivity index is 2.37. The van der Waals surface area contributed by atoms with E-state index in [1.54, 1.807) is 13.8 Å². The number of aliphatic hydroxyl groups is 1. The highest BCUT2D eigenvalue weighted by Crippen LogP contribution is 2.38. The molecule has 1 rings (SSSR count). The van der Waals surface area contributed by atoms with Crippen LogP contribution >= 0.6 is 0 Å². The highest BCUT2D eigenvalue weighted by Gasteiger charge is 2.38. The first-order chi connectivity index (χ1) is 14.0. The third kappa shape index (κ3) is 9.47. The maximum atomic E-state index is 12.4. The Bertz CT molecular complexity index is 528. The van der Waals surface area contributed by atoms with Crippen LogP contribution in [-0.4, -0.2) is 33.9 Å². The molecule has 0 aliphatic heterocycles. The summed E-state index contributed by atoms with van der Waals surface area (Å²) in [4.78, 5) is 23.7. The second-order valence-corrected chi connectivity index (χ2v) is 10.4. The zero-order valence-corrected chi connectivity index (χ0v) is 20.0. The van der Waals surface area contributed by atoms with E-state index in [-0.39, 0.29) is 18.4 Å². The van der Waals surface area contributed by atoms with E-state index in [4.69, 9.17) is 4.74 Å². The van der Waals surface area contributed by atoms with Gasteiger partial charge in [0.15, 0.2) is 0 Å². The first kappa shape index (κ1) is 27.1. The molecule has 5 nitrogen and oxygen atoms in total. The number of hydrogen-bond acceptors (Lipinski definition) is 4. The Morgan fingerprint density at radius 1 is 1.07 bits per heavy atom. The molecule has 0 radical (unpaired) electrons. The van der Waals surface area contributed by atoms with Crippen molar-refractivity contribution in [3.05, 3.63) is 0 Å². The lowest BCUT2D eigenvalue weighted by Gasteiger charge is -2.26. The number of Topliss-reactive ketones (excluding diaryl/α,β-unsaturated/α-hetero) is 1. The Hall–Kier alpha value is -0.940. The minimum atomic E-state index is -2.11. The average molecular weight is 427 g/mol. The summed E-state index contributed by atoms with van der Waals surface area (Å²) >= 11 is 0. The molecule has 1 saturated carbocycles. The molecule has 0 amide bonds. The average Bonchev–Trinajstić information content (AvgIpc) is 2.99. The van der Waals surface area contributed by atoms with Crippen molar-refractivity contribution in [3.8, 4) is 0 Å². The van der Waals surface area contributed by atoms with Crippen molar-refractivity contribution in [1.82, 2.24) is 0 Å². The maximum Gasteiger partial charge on any atom is 0.364 e. The van der Waals surface area contributed by atoms with Gasteiger partial charge in [0.2, 0.25) is 0 Å². The molecule has 0 aromatic carbocycles. The monoisotopic (exact) mass is 426 g/mol. The van der Waals surface area contributed by atoms with Crippen LogP contribution in [-0.2, 0) is 14.3 Å². The lowest BCUT2D eigenvalue weighted by atomic mass is 9.79. The molecular weight excluding hydrogens is 380 g/mol. The SMILES string of the molecule is CCCCC(C)(C)CCC[C@H]1CCC(=O)[C@@H]1CCCCCC(O)(OC(C)C)C(=O)O. The van der Waals surface area contributed by atoms with Crippen molar-refractivity contribution >= 4 is 11.8 Å². The molecule has 0 saturated heterocycles. The summed E-state index contributed by atoms with van der Waals surface area (Å²) in [6.07, 6.45) is 12.0. The number of carboxylic acid groups (broad SMARTS) is 1. The molecule has 1 unspecified atom stereocenters. The van der Waals surface area contributed by atoms with E-state index in [0.717, 1.165) is 38.5 Å². The van der Waals surface area contributed by atoms with Crippen LogP contribution in [0.2, 0.25) is 0 Å². The van der Waals surface area contributed by atoms with E-state index in [1.165, 1.54) is 32.1 Å². The van der Waals surface area contributed by atoms with E-state index in [0.29, 0.717) is 23.5 Å². The highest BCUT2D eigenvalue weighted by atomic mass is 16.7. The molecular formula is C25H46O5. The number of aliphatic carboxylic acids is 1. The van der Waals surface area contributed by atoms with Gasteiger partial charge >= 0.3 is 5.97 Å². The van der Waals surface area contributed by atoms with Crippen molar-refractivity contribution in [3.63, 3.8) is 0 Å². The smallest absolute Gasteiger partial charge is 0.364 e. The molecule has 1 aliphatic carbocycles. The Labute approximate surface area is 184 Å². The highest BCUT2D eigenvalue weighted by molar-refractivity contribution is 5.83. The molecule has 30 heavy (non-hydrogen) atoms. The van der Waals surface area contributed by atoms with Crippen LogP contribution in [0, 0.1) is 17.3 Å².